The van der Waals surface area contributed by atoms with Gasteiger partial charge in [-0.25, -0.2) is 0 Å². The largest absolute Gasteiger partial charge is 0.385 e. The summed E-state index contributed by atoms with van der Waals surface area (Å²) in [6, 6.07) is 0. The van der Waals surface area contributed by atoms with Crippen LogP contribution in [0.3, 0.4) is 0 Å². The van der Waals surface area contributed by atoms with Gasteiger partial charge in [0.1, 0.15) is 0 Å². The molecule has 1 aromatic rings. The number of Topliss-reactive ketones (excluding diaryl/α,β-unsaturated/α-hetero) is 1. The van der Waals surface area contributed by atoms with Crippen LogP contribution in [0.5, 0.6) is 0 Å². The Bertz CT molecular complexity index is 281. The second kappa shape index (κ2) is 4.77. The number of ketones is 1. The Morgan fingerprint density at radius 3 is 3.00 bits per heavy atom. The van der Waals surface area contributed by atoms with Crippen LogP contribution in [0.15, 0.2) is 12.4 Å². The maximum atomic E-state index is 10.9. The molecule has 1 heterocycles. The molecule has 0 amide bonds. The fourth-order valence-electron chi connectivity index (χ4n) is 1.04. The standard InChI is InChI=1S/C9H14N2O2/c1-8(12)9-6-10-11(7-9)4-3-5-13-2/h6-7H,3-5H2,1-2H3. The molecule has 0 spiro atoms. The van der Waals surface area contributed by atoms with Crippen LogP contribution in [0.2, 0.25) is 0 Å². The zero-order chi connectivity index (χ0) is 9.68. The molecule has 0 unspecified atom stereocenters. The average Bonchev–Trinajstić information content (AvgIpc) is 2.53. The minimum absolute atomic E-state index is 0.0537. The van der Waals surface area contributed by atoms with E-state index in [4.69, 9.17) is 4.74 Å². The highest BCUT2D eigenvalue weighted by Crippen LogP contribution is 1.99. The SMILES string of the molecule is COCCCn1cc(C(C)=O)cn1. The number of carbonyl (C=O) groups excluding carboxylic acids is 1. The maximum absolute atomic E-state index is 10.9. The zero-order valence-electron chi connectivity index (χ0n) is 7.99. The molecule has 0 aliphatic carbocycles. The molecule has 1 aromatic heterocycles. The number of aryl methyl sites for hydroxylation is 1. The first-order valence-corrected chi connectivity index (χ1v) is 4.26. The lowest BCUT2D eigenvalue weighted by Crippen LogP contribution is -2.01. The Kier molecular flexibility index (Phi) is 3.64. The fraction of sp³-hybridized carbons (Fsp3) is 0.556. The summed E-state index contributed by atoms with van der Waals surface area (Å²) in [5, 5.41) is 4.05. The van der Waals surface area contributed by atoms with Crippen molar-refractivity contribution in [1.29, 1.82) is 0 Å². The van der Waals surface area contributed by atoms with E-state index in [0.717, 1.165) is 19.6 Å². The minimum Gasteiger partial charge on any atom is -0.385 e. The first-order chi connectivity index (χ1) is 6.24. The lowest BCUT2D eigenvalue weighted by Gasteiger charge is -1.99. The molecule has 0 radical (unpaired) electrons. The van der Waals surface area contributed by atoms with E-state index in [1.807, 2.05) is 0 Å². The molecule has 4 heteroatoms. The molecule has 0 aromatic carbocycles. The van der Waals surface area contributed by atoms with Gasteiger partial charge < -0.3 is 4.74 Å². The highest BCUT2D eigenvalue weighted by Gasteiger charge is 2.01. The number of aromatic nitrogens is 2. The molecule has 0 aliphatic heterocycles. The van der Waals surface area contributed by atoms with Crippen molar-refractivity contribution in [2.24, 2.45) is 0 Å². The summed E-state index contributed by atoms with van der Waals surface area (Å²) in [5.41, 5.74) is 0.664. The Balaban J connectivity index is 2.44. The molecule has 4 nitrogen and oxygen atoms in total. The Labute approximate surface area is 77.5 Å². The highest BCUT2D eigenvalue weighted by molar-refractivity contribution is 5.93. The summed E-state index contributed by atoms with van der Waals surface area (Å²) in [6.45, 7) is 3.05. The van der Waals surface area contributed by atoms with Gasteiger partial charge in [-0.3, -0.25) is 9.48 Å². The van der Waals surface area contributed by atoms with Gasteiger partial charge in [0.15, 0.2) is 5.78 Å². The first-order valence-electron chi connectivity index (χ1n) is 4.26. The molecular formula is C9H14N2O2. The van der Waals surface area contributed by atoms with E-state index >= 15 is 0 Å². The van der Waals surface area contributed by atoms with Crippen LogP contribution in [0.1, 0.15) is 23.7 Å². The molecule has 0 saturated carbocycles. The second-order valence-electron chi connectivity index (χ2n) is 2.89. The molecule has 0 saturated heterocycles. The van der Waals surface area contributed by atoms with E-state index in [2.05, 4.69) is 5.10 Å². The average molecular weight is 182 g/mol. The van der Waals surface area contributed by atoms with Gasteiger partial charge in [-0.05, 0) is 13.3 Å². The third-order valence-electron chi connectivity index (χ3n) is 1.78. The Morgan fingerprint density at radius 2 is 2.46 bits per heavy atom. The highest BCUT2D eigenvalue weighted by atomic mass is 16.5. The van der Waals surface area contributed by atoms with E-state index in [1.54, 1.807) is 24.2 Å². The van der Waals surface area contributed by atoms with Crippen molar-refractivity contribution in [3.63, 3.8) is 0 Å². The van der Waals surface area contributed by atoms with Crippen molar-refractivity contribution in [3.05, 3.63) is 18.0 Å². The summed E-state index contributed by atoms with van der Waals surface area (Å²) in [7, 11) is 1.67. The molecule has 1 rings (SSSR count). The van der Waals surface area contributed by atoms with Crippen LogP contribution in [0, 0.1) is 0 Å². The number of ether oxygens (including phenoxy) is 1. The summed E-state index contributed by atoms with van der Waals surface area (Å²) in [4.78, 5) is 10.9. The molecule has 13 heavy (non-hydrogen) atoms. The van der Waals surface area contributed by atoms with E-state index in [1.165, 1.54) is 6.92 Å². The predicted octanol–water partition coefficient (Wildman–Crippen LogP) is 1.12. The zero-order valence-corrected chi connectivity index (χ0v) is 7.99. The normalized spacial score (nSPS) is 10.3. The van der Waals surface area contributed by atoms with Crippen LogP contribution >= 0.6 is 0 Å². The van der Waals surface area contributed by atoms with Crippen LogP contribution in [-0.2, 0) is 11.3 Å². The quantitative estimate of drug-likeness (QED) is 0.506. The van der Waals surface area contributed by atoms with Crippen molar-refractivity contribution < 1.29 is 9.53 Å². The molecule has 0 atom stereocenters. The van der Waals surface area contributed by atoms with Gasteiger partial charge in [-0.2, -0.15) is 5.10 Å². The van der Waals surface area contributed by atoms with E-state index in [0.29, 0.717) is 5.56 Å². The molecule has 0 bridgehead atoms. The van der Waals surface area contributed by atoms with E-state index < -0.39 is 0 Å². The molecule has 72 valence electrons. The predicted molar refractivity (Wildman–Crippen MR) is 48.7 cm³/mol. The van der Waals surface area contributed by atoms with Crippen molar-refractivity contribution >= 4 is 5.78 Å². The molecule has 0 aliphatic rings. The number of nitrogens with zero attached hydrogens (tertiary/aromatic N) is 2. The van der Waals surface area contributed by atoms with Gasteiger partial charge in [-0.15, -0.1) is 0 Å². The smallest absolute Gasteiger partial charge is 0.162 e. The van der Waals surface area contributed by atoms with Crippen LogP contribution in [0.4, 0.5) is 0 Å². The topological polar surface area (TPSA) is 44.1 Å². The lowest BCUT2D eigenvalue weighted by molar-refractivity contribution is 0.101. The number of hydrogen-bond donors (Lipinski definition) is 0. The number of hydrogen-bond acceptors (Lipinski definition) is 3. The van der Waals surface area contributed by atoms with Gasteiger partial charge in [0.2, 0.25) is 0 Å². The van der Waals surface area contributed by atoms with Gasteiger partial charge in [0.05, 0.1) is 11.8 Å². The van der Waals surface area contributed by atoms with Crippen molar-refractivity contribution in [3.8, 4) is 0 Å². The molecule has 0 N–H and O–H groups in total. The van der Waals surface area contributed by atoms with Crippen LogP contribution < -0.4 is 0 Å². The first kappa shape index (κ1) is 9.92. The summed E-state index contributed by atoms with van der Waals surface area (Å²) in [6.07, 6.45) is 4.27. The van der Waals surface area contributed by atoms with Crippen molar-refractivity contribution in [2.75, 3.05) is 13.7 Å². The number of carbonyl (C=O) groups is 1. The van der Waals surface area contributed by atoms with E-state index in [9.17, 15) is 4.79 Å². The Hall–Kier alpha value is -1.16. The van der Waals surface area contributed by atoms with Gasteiger partial charge in [0.25, 0.3) is 0 Å². The minimum atomic E-state index is 0.0537. The van der Waals surface area contributed by atoms with E-state index in [-0.39, 0.29) is 5.78 Å². The van der Waals surface area contributed by atoms with Crippen molar-refractivity contribution in [1.82, 2.24) is 9.78 Å². The van der Waals surface area contributed by atoms with Gasteiger partial charge in [-0.1, -0.05) is 0 Å². The van der Waals surface area contributed by atoms with Crippen LogP contribution in [-0.4, -0.2) is 29.3 Å². The molecule has 0 fully saturated rings. The third-order valence-corrected chi connectivity index (χ3v) is 1.78. The Morgan fingerprint density at radius 1 is 1.69 bits per heavy atom. The fourth-order valence-corrected chi connectivity index (χ4v) is 1.04. The maximum Gasteiger partial charge on any atom is 0.162 e. The monoisotopic (exact) mass is 182 g/mol. The number of rotatable bonds is 5. The summed E-state index contributed by atoms with van der Waals surface area (Å²) < 4.78 is 6.67. The lowest BCUT2D eigenvalue weighted by atomic mass is 10.3. The number of methoxy groups -OCH3 is 1. The van der Waals surface area contributed by atoms with Crippen LogP contribution in [0.25, 0.3) is 0 Å². The van der Waals surface area contributed by atoms with Gasteiger partial charge >= 0.3 is 0 Å². The van der Waals surface area contributed by atoms with Crippen molar-refractivity contribution in [2.45, 2.75) is 19.9 Å². The summed E-state index contributed by atoms with van der Waals surface area (Å²) in [5.74, 6) is 0.0537. The van der Waals surface area contributed by atoms with Gasteiger partial charge in [0, 0.05) is 26.5 Å². The third kappa shape index (κ3) is 2.99. The second-order valence-corrected chi connectivity index (χ2v) is 2.89. The molecular weight excluding hydrogens is 168 g/mol. The summed E-state index contributed by atoms with van der Waals surface area (Å²) >= 11 is 0.